The minimum atomic E-state index is -4.30. The number of hydrogen-bond donors (Lipinski definition) is 3. The Kier molecular flexibility index (Phi) is 6.80. The number of alkyl halides is 3. The maximum absolute atomic E-state index is 13.4. The van der Waals surface area contributed by atoms with Crippen molar-refractivity contribution in [1.82, 2.24) is 4.90 Å². The number of halogens is 3. The highest BCUT2D eigenvalue weighted by atomic mass is 19.4. The SMILES string of the molecule is O=C(O)c1ccc(-c2ccc(NC(=O)[C@H]3CCCN3C(=O)Nc3ccc(C4(C(F)(F)F)CC4)cc3)cc2)cc1. The number of nitrogens with one attached hydrogen (secondary N) is 2. The molecule has 7 nitrogen and oxygen atoms in total. The Balaban J connectivity index is 1.19. The molecule has 0 radical (unpaired) electrons. The molecule has 0 bridgehead atoms. The van der Waals surface area contributed by atoms with Crippen LogP contribution in [0.5, 0.6) is 0 Å². The molecule has 3 aromatic rings. The minimum Gasteiger partial charge on any atom is -0.478 e. The fraction of sp³-hybridized carbons (Fsp3) is 0.276. The molecule has 3 amide bonds. The third-order valence-corrected chi connectivity index (χ3v) is 7.42. The molecule has 1 aliphatic heterocycles. The maximum atomic E-state index is 13.4. The van der Waals surface area contributed by atoms with Crippen LogP contribution in [-0.2, 0) is 10.2 Å². The zero-order valence-corrected chi connectivity index (χ0v) is 20.8. The number of nitrogens with zero attached hydrogens (tertiary/aromatic N) is 1. The zero-order valence-electron chi connectivity index (χ0n) is 20.8. The summed E-state index contributed by atoms with van der Waals surface area (Å²) >= 11 is 0. The summed E-state index contributed by atoms with van der Waals surface area (Å²) in [5.41, 5.74) is 1.19. The molecular weight excluding hydrogens is 511 g/mol. The van der Waals surface area contributed by atoms with Crippen molar-refractivity contribution in [3.8, 4) is 11.1 Å². The summed E-state index contributed by atoms with van der Waals surface area (Å²) in [6.07, 6.45) is -3.04. The lowest BCUT2D eigenvalue weighted by Crippen LogP contribution is -2.45. The van der Waals surface area contributed by atoms with Crippen LogP contribution in [0.15, 0.2) is 72.8 Å². The third-order valence-electron chi connectivity index (χ3n) is 7.42. The number of rotatable bonds is 6. The van der Waals surface area contributed by atoms with Crippen molar-refractivity contribution in [2.45, 2.75) is 43.3 Å². The van der Waals surface area contributed by atoms with E-state index in [-0.39, 0.29) is 29.9 Å². The average Bonchev–Trinajstić information content (AvgIpc) is 3.59. The van der Waals surface area contributed by atoms with Gasteiger partial charge < -0.3 is 20.6 Å². The van der Waals surface area contributed by atoms with Crippen molar-refractivity contribution in [2.24, 2.45) is 0 Å². The molecule has 3 aromatic carbocycles. The molecule has 10 heteroatoms. The van der Waals surface area contributed by atoms with E-state index in [9.17, 15) is 27.6 Å². The first kappa shape index (κ1) is 26.3. The van der Waals surface area contributed by atoms with Crippen LogP contribution in [-0.4, -0.2) is 46.7 Å². The van der Waals surface area contributed by atoms with Gasteiger partial charge in [-0.25, -0.2) is 9.59 Å². The molecule has 0 aromatic heterocycles. The number of carboxylic acids is 1. The van der Waals surface area contributed by atoms with Gasteiger partial charge in [0.15, 0.2) is 0 Å². The average molecular weight is 538 g/mol. The van der Waals surface area contributed by atoms with Gasteiger partial charge in [0.2, 0.25) is 5.91 Å². The lowest BCUT2D eigenvalue weighted by molar-refractivity contribution is -0.160. The highest BCUT2D eigenvalue weighted by molar-refractivity contribution is 5.99. The second-order valence-corrected chi connectivity index (χ2v) is 9.89. The number of anilines is 2. The first-order chi connectivity index (χ1) is 18.6. The van der Waals surface area contributed by atoms with Gasteiger partial charge in [0, 0.05) is 17.9 Å². The summed E-state index contributed by atoms with van der Waals surface area (Å²) in [7, 11) is 0. The van der Waals surface area contributed by atoms with Crippen LogP contribution in [0, 0.1) is 0 Å². The minimum absolute atomic E-state index is 0.0649. The van der Waals surface area contributed by atoms with Gasteiger partial charge in [-0.05, 0) is 78.8 Å². The van der Waals surface area contributed by atoms with Crippen LogP contribution in [0.2, 0.25) is 0 Å². The van der Waals surface area contributed by atoms with Gasteiger partial charge >= 0.3 is 18.2 Å². The summed E-state index contributed by atoms with van der Waals surface area (Å²) in [6, 6.07) is 18.1. The van der Waals surface area contributed by atoms with Crippen LogP contribution < -0.4 is 10.6 Å². The summed E-state index contributed by atoms with van der Waals surface area (Å²) in [5.74, 6) is -1.34. The Morgan fingerprint density at radius 2 is 1.36 bits per heavy atom. The Morgan fingerprint density at radius 3 is 1.90 bits per heavy atom. The zero-order chi connectivity index (χ0) is 27.8. The van der Waals surface area contributed by atoms with E-state index in [1.807, 2.05) is 0 Å². The number of carboxylic acid groups (broad SMARTS) is 1. The van der Waals surface area contributed by atoms with Crippen molar-refractivity contribution in [1.29, 1.82) is 0 Å². The molecule has 3 N–H and O–H groups in total. The second-order valence-electron chi connectivity index (χ2n) is 9.89. The third kappa shape index (κ3) is 5.32. The fourth-order valence-electron chi connectivity index (χ4n) is 4.99. The topological polar surface area (TPSA) is 98.7 Å². The summed E-state index contributed by atoms with van der Waals surface area (Å²) in [4.78, 5) is 38.4. The van der Waals surface area contributed by atoms with E-state index in [2.05, 4.69) is 10.6 Å². The van der Waals surface area contributed by atoms with Crippen LogP contribution in [0.25, 0.3) is 11.1 Å². The van der Waals surface area contributed by atoms with Crippen LogP contribution in [0.1, 0.15) is 41.6 Å². The van der Waals surface area contributed by atoms with Gasteiger partial charge in [-0.15, -0.1) is 0 Å². The van der Waals surface area contributed by atoms with Crippen molar-refractivity contribution >= 4 is 29.3 Å². The molecule has 1 saturated carbocycles. The molecule has 1 aliphatic carbocycles. The number of benzene rings is 3. The van der Waals surface area contributed by atoms with Crippen LogP contribution in [0.4, 0.5) is 29.3 Å². The van der Waals surface area contributed by atoms with Gasteiger partial charge in [0.1, 0.15) is 6.04 Å². The van der Waals surface area contributed by atoms with Crippen molar-refractivity contribution in [3.63, 3.8) is 0 Å². The van der Waals surface area contributed by atoms with Crippen molar-refractivity contribution in [2.75, 3.05) is 17.2 Å². The second kappa shape index (κ2) is 10.1. The molecule has 0 spiro atoms. The summed E-state index contributed by atoms with van der Waals surface area (Å²) in [6.45, 7) is 0.379. The number of carbonyl (C=O) groups is 3. The Bertz CT molecular complexity index is 1380. The van der Waals surface area contributed by atoms with Gasteiger partial charge in [0.05, 0.1) is 11.0 Å². The standard InChI is InChI=1S/C29H26F3N3O4/c30-29(31,32)28(15-16-28)21-9-13-23(14-10-21)34-27(39)35-17-1-2-24(35)25(36)33-22-11-7-19(8-12-22)18-3-5-20(6-4-18)26(37)38/h3-14,24H,1-2,15-17H2,(H,33,36)(H,34,39)(H,37,38)/t24-/m1/s1. The number of amides is 3. The summed E-state index contributed by atoms with van der Waals surface area (Å²) in [5, 5.41) is 14.6. The largest absolute Gasteiger partial charge is 0.478 e. The summed E-state index contributed by atoms with van der Waals surface area (Å²) < 4.78 is 40.1. The van der Waals surface area contributed by atoms with E-state index in [0.29, 0.717) is 30.8 Å². The number of likely N-dealkylation sites (tertiary alicyclic amines) is 1. The Labute approximate surface area is 222 Å². The maximum Gasteiger partial charge on any atom is 0.398 e. The number of hydrogen-bond acceptors (Lipinski definition) is 3. The monoisotopic (exact) mass is 537 g/mol. The van der Waals surface area contributed by atoms with Gasteiger partial charge in [-0.2, -0.15) is 13.2 Å². The molecule has 2 aliphatic rings. The Morgan fingerprint density at radius 1 is 0.821 bits per heavy atom. The smallest absolute Gasteiger partial charge is 0.398 e. The highest BCUT2D eigenvalue weighted by Crippen LogP contribution is 2.58. The lowest BCUT2D eigenvalue weighted by Gasteiger charge is -2.24. The normalized spacial score (nSPS) is 17.9. The molecule has 1 saturated heterocycles. The fourth-order valence-corrected chi connectivity index (χ4v) is 4.99. The first-order valence-corrected chi connectivity index (χ1v) is 12.6. The predicted molar refractivity (Wildman–Crippen MR) is 140 cm³/mol. The Hall–Kier alpha value is -4.34. The van der Waals surface area contributed by atoms with Gasteiger partial charge in [-0.1, -0.05) is 36.4 Å². The first-order valence-electron chi connectivity index (χ1n) is 12.6. The quantitative estimate of drug-likeness (QED) is 0.345. The van der Waals surface area contributed by atoms with E-state index in [0.717, 1.165) is 11.1 Å². The molecule has 202 valence electrons. The van der Waals surface area contributed by atoms with Gasteiger partial charge in [-0.3, -0.25) is 4.79 Å². The van der Waals surface area contributed by atoms with E-state index in [1.54, 1.807) is 36.4 Å². The van der Waals surface area contributed by atoms with E-state index >= 15 is 0 Å². The van der Waals surface area contributed by atoms with Crippen molar-refractivity contribution in [3.05, 3.63) is 83.9 Å². The van der Waals surface area contributed by atoms with E-state index in [1.165, 1.54) is 41.3 Å². The number of aromatic carboxylic acids is 1. The molecule has 2 fully saturated rings. The van der Waals surface area contributed by atoms with Gasteiger partial charge in [0.25, 0.3) is 0 Å². The van der Waals surface area contributed by atoms with Crippen LogP contribution >= 0.6 is 0 Å². The molecule has 39 heavy (non-hydrogen) atoms. The van der Waals surface area contributed by atoms with Crippen molar-refractivity contribution < 1.29 is 32.7 Å². The predicted octanol–water partition coefficient (Wildman–Crippen LogP) is 6.28. The molecular formula is C29H26F3N3O4. The molecule has 1 heterocycles. The van der Waals surface area contributed by atoms with E-state index in [4.69, 9.17) is 5.11 Å². The molecule has 1 atom stereocenters. The number of carbonyl (C=O) groups excluding carboxylic acids is 2. The number of urea groups is 1. The highest BCUT2D eigenvalue weighted by Gasteiger charge is 2.64. The van der Waals surface area contributed by atoms with Crippen LogP contribution in [0.3, 0.4) is 0 Å². The molecule has 0 unspecified atom stereocenters. The van der Waals surface area contributed by atoms with E-state index < -0.39 is 29.6 Å². The molecule has 5 rings (SSSR count). The lowest BCUT2D eigenvalue weighted by atomic mass is 9.95.